The Morgan fingerprint density at radius 1 is 0.941 bits per heavy atom. The lowest BCUT2D eigenvalue weighted by Crippen LogP contribution is -2.31. The number of hydrogen-bond donors (Lipinski definition) is 1. The predicted octanol–water partition coefficient (Wildman–Crippen LogP) is 4.08. The topological polar surface area (TPSA) is 84.3 Å². The molecule has 7 nitrogen and oxygen atoms in total. The lowest BCUT2D eigenvalue weighted by molar-refractivity contribution is 0.0950. The number of sulfonamides is 1. The molecule has 0 fully saturated rings. The van der Waals surface area contributed by atoms with E-state index in [9.17, 15) is 13.2 Å². The fourth-order valence-corrected chi connectivity index (χ4v) is 5.16. The molecule has 0 aliphatic carbocycles. The van der Waals surface area contributed by atoms with Crippen molar-refractivity contribution in [2.75, 3.05) is 10.8 Å². The maximum Gasteiger partial charge on any atom is 0.264 e. The first-order valence-electron chi connectivity index (χ1n) is 11.0. The summed E-state index contributed by atoms with van der Waals surface area (Å²) in [6, 6.07) is 24.8. The number of nitrogens with zero attached hydrogens (tertiary/aromatic N) is 3. The number of carbonyl (C=O) groups is 1. The van der Waals surface area contributed by atoms with E-state index in [1.54, 1.807) is 49.5 Å². The third kappa shape index (κ3) is 5.35. The van der Waals surface area contributed by atoms with Crippen molar-refractivity contribution in [2.45, 2.75) is 24.9 Å². The minimum Gasteiger partial charge on any atom is -0.348 e. The lowest BCUT2D eigenvalue weighted by Gasteiger charge is -2.23. The molecule has 3 aromatic carbocycles. The monoisotopic (exact) mass is 474 g/mol. The number of benzene rings is 3. The molecule has 34 heavy (non-hydrogen) atoms. The number of hydrogen-bond acceptors (Lipinski definition) is 4. The summed E-state index contributed by atoms with van der Waals surface area (Å²) in [5.41, 5.74) is 2.93. The van der Waals surface area contributed by atoms with Crippen LogP contribution in [0.15, 0.2) is 102 Å². The molecule has 0 unspecified atom stereocenters. The molecule has 0 radical (unpaired) electrons. The number of anilines is 1. The van der Waals surface area contributed by atoms with Gasteiger partial charge in [-0.15, -0.1) is 0 Å². The summed E-state index contributed by atoms with van der Waals surface area (Å²) in [5.74, 6) is -0.333. The van der Waals surface area contributed by atoms with E-state index in [2.05, 4.69) is 10.4 Å². The Morgan fingerprint density at radius 3 is 2.35 bits per heavy atom. The van der Waals surface area contributed by atoms with Crippen molar-refractivity contribution in [3.05, 3.63) is 114 Å². The second kappa shape index (κ2) is 10.4. The summed E-state index contributed by atoms with van der Waals surface area (Å²) < 4.78 is 29.7. The molecule has 0 aliphatic heterocycles. The van der Waals surface area contributed by atoms with E-state index in [1.807, 2.05) is 47.3 Å². The third-order valence-corrected chi connectivity index (χ3v) is 7.29. The number of carbonyl (C=O) groups excluding carboxylic acids is 1. The number of aromatic nitrogens is 2. The van der Waals surface area contributed by atoms with E-state index in [0.29, 0.717) is 24.3 Å². The molecule has 4 rings (SSSR count). The molecular formula is C26H26N4O3S. The molecule has 0 saturated carbocycles. The van der Waals surface area contributed by atoms with Crippen LogP contribution >= 0.6 is 0 Å². The highest BCUT2D eigenvalue weighted by atomic mass is 32.2. The predicted molar refractivity (Wildman–Crippen MR) is 132 cm³/mol. The first kappa shape index (κ1) is 23.3. The van der Waals surface area contributed by atoms with Crippen LogP contribution in [-0.4, -0.2) is 30.7 Å². The molecule has 4 aromatic rings. The third-order valence-electron chi connectivity index (χ3n) is 5.40. The van der Waals surface area contributed by atoms with Crippen LogP contribution in [0.1, 0.15) is 28.4 Å². The molecule has 0 aliphatic rings. The van der Waals surface area contributed by atoms with Gasteiger partial charge in [-0.3, -0.25) is 13.8 Å². The number of nitrogens with one attached hydrogen (secondary N) is 1. The van der Waals surface area contributed by atoms with E-state index >= 15 is 0 Å². The van der Waals surface area contributed by atoms with Gasteiger partial charge in [0.05, 0.1) is 17.1 Å². The highest BCUT2D eigenvalue weighted by molar-refractivity contribution is 7.92. The molecule has 1 aromatic heterocycles. The zero-order chi connectivity index (χ0) is 24.0. The molecule has 0 bridgehead atoms. The maximum absolute atomic E-state index is 13.3. The van der Waals surface area contributed by atoms with Crippen LogP contribution in [-0.2, 0) is 23.1 Å². The smallest absolute Gasteiger partial charge is 0.264 e. The maximum atomic E-state index is 13.3. The highest BCUT2D eigenvalue weighted by Crippen LogP contribution is 2.23. The largest absolute Gasteiger partial charge is 0.348 e. The Balaban J connectivity index is 1.43. The quantitative estimate of drug-likeness (QED) is 0.396. The number of para-hydroxylation sites is 1. The van der Waals surface area contributed by atoms with Gasteiger partial charge in [-0.25, -0.2) is 8.42 Å². The van der Waals surface area contributed by atoms with Gasteiger partial charge in [0, 0.05) is 31.0 Å². The first-order valence-corrected chi connectivity index (χ1v) is 12.4. The average molecular weight is 475 g/mol. The van der Waals surface area contributed by atoms with Crippen LogP contribution < -0.4 is 9.62 Å². The van der Waals surface area contributed by atoms with Crippen molar-refractivity contribution in [1.82, 2.24) is 15.1 Å². The Morgan fingerprint density at radius 2 is 1.68 bits per heavy atom. The molecule has 8 heteroatoms. The van der Waals surface area contributed by atoms with Crippen molar-refractivity contribution in [1.29, 1.82) is 0 Å². The van der Waals surface area contributed by atoms with Gasteiger partial charge in [0.25, 0.3) is 15.9 Å². The summed E-state index contributed by atoms with van der Waals surface area (Å²) in [4.78, 5) is 12.8. The second-order valence-corrected chi connectivity index (χ2v) is 9.60. The molecule has 0 saturated heterocycles. The van der Waals surface area contributed by atoms with E-state index in [1.165, 1.54) is 16.4 Å². The number of amides is 1. The Kier molecular flexibility index (Phi) is 7.08. The van der Waals surface area contributed by atoms with E-state index in [4.69, 9.17) is 0 Å². The van der Waals surface area contributed by atoms with Gasteiger partial charge < -0.3 is 5.32 Å². The van der Waals surface area contributed by atoms with Crippen molar-refractivity contribution in [2.24, 2.45) is 0 Å². The van der Waals surface area contributed by atoms with E-state index in [-0.39, 0.29) is 17.3 Å². The average Bonchev–Trinajstić information content (AvgIpc) is 3.37. The minimum atomic E-state index is -3.81. The van der Waals surface area contributed by atoms with Gasteiger partial charge in [-0.05, 0) is 54.4 Å². The molecule has 174 valence electrons. The SMILES string of the molecule is CCN(c1ccccc1)S(=O)(=O)c1cccc(C(=O)NCc2ccc(Cn3cccn3)cc2)c1. The molecule has 1 amide bonds. The van der Waals surface area contributed by atoms with E-state index in [0.717, 1.165) is 11.1 Å². The van der Waals surface area contributed by atoms with E-state index < -0.39 is 10.0 Å². The van der Waals surface area contributed by atoms with Crippen LogP contribution in [0.5, 0.6) is 0 Å². The summed E-state index contributed by atoms with van der Waals surface area (Å²) in [5, 5.41) is 7.07. The van der Waals surface area contributed by atoms with Gasteiger partial charge in [-0.2, -0.15) is 5.10 Å². The van der Waals surface area contributed by atoms with Gasteiger partial charge in [0.2, 0.25) is 0 Å². The number of rotatable bonds is 9. The van der Waals surface area contributed by atoms with Crippen LogP contribution in [0.25, 0.3) is 0 Å². The lowest BCUT2D eigenvalue weighted by atomic mass is 10.1. The van der Waals surface area contributed by atoms with Crippen LogP contribution in [0.3, 0.4) is 0 Å². The Labute approximate surface area is 199 Å². The van der Waals surface area contributed by atoms with Crippen molar-refractivity contribution in [3.8, 4) is 0 Å². The summed E-state index contributed by atoms with van der Waals surface area (Å²) >= 11 is 0. The van der Waals surface area contributed by atoms with Crippen molar-refractivity contribution >= 4 is 21.6 Å². The fraction of sp³-hybridized carbons (Fsp3) is 0.154. The Bertz CT molecular complexity index is 1340. The van der Waals surface area contributed by atoms with Gasteiger partial charge in [-0.1, -0.05) is 48.5 Å². The van der Waals surface area contributed by atoms with Crippen molar-refractivity contribution < 1.29 is 13.2 Å². The molecule has 0 atom stereocenters. The summed E-state index contributed by atoms with van der Waals surface area (Å²) in [6.45, 7) is 3.07. The van der Waals surface area contributed by atoms with Crippen LogP contribution in [0.4, 0.5) is 5.69 Å². The molecule has 1 heterocycles. The molecule has 1 N–H and O–H groups in total. The van der Waals surface area contributed by atoms with Gasteiger partial charge >= 0.3 is 0 Å². The normalized spacial score (nSPS) is 11.2. The summed E-state index contributed by atoms with van der Waals surface area (Å²) in [7, 11) is -3.81. The summed E-state index contributed by atoms with van der Waals surface area (Å²) in [6.07, 6.45) is 3.65. The zero-order valence-corrected chi connectivity index (χ0v) is 19.7. The second-order valence-electron chi connectivity index (χ2n) is 7.74. The highest BCUT2D eigenvalue weighted by Gasteiger charge is 2.24. The Hall–Kier alpha value is -3.91. The standard InChI is InChI=1S/C26H26N4O3S/c1-2-30(24-9-4-3-5-10-24)34(32,33)25-11-6-8-23(18-25)26(31)27-19-21-12-14-22(15-13-21)20-29-17-7-16-28-29/h3-18H,2,19-20H2,1H3,(H,27,31). The molecule has 0 spiro atoms. The minimum absolute atomic E-state index is 0.0776. The van der Waals surface area contributed by atoms with Crippen LogP contribution in [0.2, 0.25) is 0 Å². The van der Waals surface area contributed by atoms with Crippen molar-refractivity contribution in [3.63, 3.8) is 0 Å². The van der Waals surface area contributed by atoms with Gasteiger partial charge in [0.15, 0.2) is 0 Å². The first-order chi connectivity index (χ1) is 16.5. The zero-order valence-electron chi connectivity index (χ0n) is 18.8. The van der Waals surface area contributed by atoms with Gasteiger partial charge in [0.1, 0.15) is 0 Å². The van der Waals surface area contributed by atoms with Crippen LogP contribution in [0, 0.1) is 0 Å². The molecular weight excluding hydrogens is 448 g/mol. The fourth-order valence-electron chi connectivity index (χ4n) is 3.64.